The second-order valence-electron chi connectivity index (χ2n) is 7.85. The summed E-state index contributed by atoms with van der Waals surface area (Å²) >= 11 is 3.41. The van der Waals surface area contributed by atoms with Crippen LogP contribution in [0.3, 0.4) is 0 Å². The zero-order valence-electron chi connectivity index (χ0n) is 17.4. The second-order valence-corrected chi connectivity index (χ2v) is 10.6. The van der Waals surface area contributed by atoms with Crippen LogP contribution in [0.5, 0.6) is 5.75 Å². The third-order valence-corrected chi connectivity index (χ3v) is 7.79. The molecule has 7 nitrogen and oxygen atoms in total. The van der Waals surface area contributed by atoms with Crippen molar-refractivity contribution in [2.75, 3.05) is 26.7 Å². The molecule has 0 saturated carbocycles. The van der Waals surface area contributed by atoms with Gasteiger partial charge < -0.3 is 9.84 Å². The van der Waals surface area contributed by atoms with Crippen molar-refractivity contribution >= 4 is 26.0 Å². The minimum atomic E-state index is -3.80. The molecule has 1 aliphatic heterocycles. The first kappa shape index (κ1) is 23.1. The van der Waals surface area contributed by atoms with E-state index in [2.05, 4.69) is 25.8 Å². The Morgan fingerprint density at radius 1 is 1.37 bits per heavy atom. The van der Waals surface area contributed by atoms with Gasteiger partial charge in [-0.25, -0.2) is 8.42 Å². The number of hydrogen-bond donors (Lipinski definition) is 1. The summed E-state index contributed by atoms with van der Waals surface area (Å²) in [5.41, 5.74) is 0.958. The second kappa shape index (κ2) is 9.74. The smallest absolute Gasteiger partial charge is 0.247 e. The number of nitrogens with zero attached hydrogens (tertiary/aromatic N) is 3. The normalized spacial score (nSPS) is 22.6. The Bertz CT molecular complexity index is 958. The van der Waals surface area contributed by atoms with E-state index < -0.39 is 16.1 Å². The van der Waals surface area contributed by atoms with Gasteiger partial charge in [0.15, 0.2) is 0 Å². The van der Waals surface area contributed by atoms with Crippen molar-refractivity contribution in [2.24, 2.45) is 5.92 Å². The Morgan fingerprint density at radius 2 is 2.13 bits per heavy atom. The number of benzene rings is 1. The molecule has 0 unspecified atom stereocenters. The molecule has 1 aliphatic rings. The number of hydrogen-bond acceptors (Lipinski definition) is 6. The molecule has 3 rings (SSSR count). The molecular weight excluding hydrogens is 470 g/mol. The van der Waals surface area contributed by atoms with Gasteiger partial charge in [0.25, 0.3) is 0 Å². The molecule has 0 radical (unpaired) electrons. The lowest BCUT2D eigenvalue weighted by Crippen LogP contribution is -2.49. The number of fused-ring (bicyclic) bond motifs is 1. The average Bonchev–Trinajstić information content (AvgIpc) is 2.70. The van der Waals surface area contributed by atoms with Gasteiger partial charge in [-0.3, -0.25) is 9.88 Å². The number of ether oxygens (including phenoxy) is 1. The van der Waals surface area contributed by atoms with Crippen molar-refractivity contribution in [3.8, 4) is 5.75 Å². The van der Waals surface area contributed by atoms with Crippen LogP contribution in [0, 0.1) is 5.92 Å². The number of pyridine rings is 1. The monoisotopic (exact) mass is 497 g/mol. The van der Waals surface area contributed by atoms with Crippen molar-refractivity contribution in [3.05, 3.63) is 52.8 Å². The summed E-state index contributed by atoms with van der Waals surface area (Å²) in [6.07, 6.45) is 1.53. The largest absolute Gasteiger partial charge is 0.487 e. The minimum Gasteiger partial charge on any atom is -0.487 e. The van der Waals surface area contributed by atoms with Crippen LogP contribution in [0.25, 0.3) is 0 Å². The molecule has 1 aromatic carbocycles. The Morgan fingerprint density at radius 3 is 2.80 bits per heavy atom. The Balaban J connectivity index is 1.92. The molecule has 1 N–H and O–H groups in total. The Kier molecular flexibility index (Phi) is 7.52. The molecule has 30 heavy (non-hydrogen) atoms. The Hall–Kier alpha value is -1.52. The van der Waals surface area contributed by atoms with E-state index in [9.17, 15) is 13.5 Å². The molecule has 1 aromatic heterocycles. The molecule has 2 heterocycles. The van der Waals surface area contributed by atoms with Gasteiger partial charge in [-0.1, -0.05) is 28.9 Å². The van der Waals surface area contributed by atoms with Gasteiger partial charge in [0.05, 0.1) is 12.3 Å². The predicted molar refractivity (Wildman–Crippen MR) is 119 cm³/mol. The lowest BCUT2D eigenvalue weighted by Gasteiger charge is -2.37. The number of aromatic nitrogens is 1. The number of halogens is 1. The van der Waals surface area contributed by atoms with Crippen LogP contribution in [-0.2, 0) is 16.6 Å². The average molecular weight is 498 g/mol. The highest BCUT2D eigenvalue weighted by Gasteiger charge is 2.38. The molecule has 0 amide bonds. The molecule has 164 valence electrons. The van der Waals surface area contributed by atoms with Crippen LogP contribution in [-0.4, -0.2) is 66.6 Å². The lowest BCUT2D eigenvalue weighted by molar-refractivity contribution is 0.0730. The highest BCUT2D eigenvalue weighted by Crippen LogP contribution is 2.35. The van der Waals surface area contributed by atoms with Crippen LogP contribution in [0.4, 0.5) is 0 Å². The molecule has 0 bridgehead atoms. The summed E-state index contributed by atoms with van der Waals surface area (Å²) in [7, 11) is -1.80. The van der Waals surface area contributed by atoms with Gasteiger partial charge in [0.1, 0.15) is 16.7 Å². The molecule has 3 atom stereocenters. The fraction of sp³-hybridized carbons (Fsp3) is 0.476. The highest BCUT2D eigenvalue weighted by molar-refractivity contribution is 9.10. The fourth-order valence-electron chi connectivity index (χ4n) is 3.56. The molecular formula is C21H28BrN3O4S. The zero-order chi connectivity index (χ0) is 21.9. The van der Waals surface area contributed by atoms with Gasteiger partial charge in [0, 0.05) is 42.3 Å². The van der Waals surface area contributed by atoms with Crippen molar-refractivity contribution in [1.29, 1.82) is 0 Å². The minimum absolute atomic E-state index is 0.0907. The number of rotatable bonds is 6. The molecule has 0 spiro atoms. The van der Waals surface area contributed by atoms with Crippen LogP contribution in [0.2, 0.25) is 0 Å². The summed E-state index contributed by atoms with van der Waals surface area (Å²) in [4.78, 5) is 6.62. The quantitative estimate of drug-likeness (QED) is 0.660. The summed E-state index contributed by atoms with van der Waals surface area (Å²) in [5, 5.41) is 9.68. The van der Waals surface area contributed by atoms with E-state index in [1.807, 2.05) is 32.2 Å². The van der Waals surface area contributed by atoms with Crippen molar-refractivity contribution in [1.82, 2.24) is 14.2 Å². The van der Waals surface area contributed by atoms with Gasteiger partial charge in [-0.15, -0.1) is 0 Å². The molecule has 0 aliphatic carbocycles. The maximum atomic E-state index is 13.3. The summed E-state index contributed by atoms with van der Waals surface area (Å²) in [5.74, 6) is 0.231. The summed E-state index contributed by atoms with van der Waals surface area (Å²) in [6, 6.07) is 10.2. The van der Waals surface area contributed by atoms with E-state index in [0.29, 0.717) is 18.8 Å². The third kappa shape index (κ3) is 5.20. The Labute approximate surface area is 186 Å². The summed E-state index contributed by atoms with van der Waals surface area (Å²) in [6.45, 7) is 4.98. The van der Waals surface area contributed by atoms with Crippen molar-refractivity contribution < 1.29 is 18.3 Å². The summed E-state index contributed by atoms with van der Waals surface area (Å²) < 4.78 is 35.0. The van der Waals surface area contributed by atoms with Gasteiger partial charge in [-0.2, -0.15) is 4.31 Å². The van der Waals surface area contributed by atoms with Crippen LogP contribution in [0.1, 0.15) is 19.5 Å². The van der Waals surface area contributed by atoms with E-state index in [4.69, 9.17) is 4.74 Å². The van der Waals surface area contributed by atoms with Crippen molar-refractivity contribution in [2.45, 2.75) is 37.4 Å². The topological polar surface area (TPSA) is 83.0 Å². The van der Waals surface area contributed by atoms with Crippen LogP contribution >= 0.6 is 15.9 Å². The highest BCUT2D eigenvalue weighted by atomic mass is 79.9. The number of aliphatic hydroxyl groups excluding tert-OH is 1. The van der Waals surface area contributed by atoms with E-state index >= 15 is 0 Å². The van der Waals surface area contributed by atoms with Gasteiger partial charge >= 0.3 is 0 Å². The molecule has 0 fully saturated rings. The van der Waals surface area contributed by atoms with Gasteiger partial charge in [-0.05, 0) is 44.3 Å². The maximum absolute atomic E-state index is 13.3. The third-order valence-electron chi connectivity index (χ3n) is 5.28. The van der Waals surface area contributed by atoms with E-state index in [1.165, 1.54) is 4.31 Å². The SMILES string of the molecule is C[C@@H]1CN([C@@H](C)CO)S(=O)(=O)c2ccc(Br)cc2O[C@H]1CN(C)Cc1ccccn1. The first-order chi connectivity index (χ1) is 14.2. The van der Waals surface area contributed by atoms with Crippen LogP contribution in [0.15, 0.2) is 52.0 Å². The van der Waals surface area contributed by atoms with E-state index in [0.717, 1.165) is 10.2 Å². The molecule has 2 aromatic rings. The first-order valence-electron chi connectivity index (χ1n) is 9.89. The number of sulfonamides is 1. The lowest BCUT2D eigenvalue weighted by atomic mass is 10.0. The fourth-order valence-corrected chi connectivity index (χ4v) is 5.72. The number of aliphatic hydroxyl groups is 1. The van der Waals surface area contributed by atoms with E-state index in [1.54, 1.807) is 31.3 Å². The predicted octanol–water partition coefficient (Wildman–Crippen LogP) is 2.74. The maximum Gasteiger partial charge on any atom is 0.247 e. The number of likely N-dealkylation sites (N-methyl/N-ethyl adjacent to an activating group) is 1. The van der Waals surface area contributed by atoms with E-state index in [-0.39, 0.29) is 30.1 Å². The first-order valence-corrected chi connectivity index (χ1v) is 12.1. The molecule has 9 heteroatoms. The van der Waals surface area contributed by atoms with Crippen LogP contribution < -0.4 is 4.74 Å². The van der Waals surface area contributed by atoms with Gasteiger partial charge in [0.2, 0.25) is 10.0 Å². The van der Waals surface area contributed by atoms with Crippen molar-refractivity contribution in [3.63, 3.8) is 0 Å². The molecule has 0 saturated heterocycles. The zero-order valence-corrected chi connectivity index (χ0v) is 19.8. The standard InChI is InChI=1S/C21H28BrN3O4S/c1-15-11-25(16(2)14-26)30(27,28)21-8-7-17(22)10-19(21)29-20(15)13-24(3)12-18-6-4-5-9-23-18/h4-10,15-16,20,26H,11-14H2,1-3H3/t15-,16+,20+/m1/s1.